The van der Waals surface area contributed by atoms with E-state index >= 15 is 0 Å². The van der Waals surface area contributed by atoms with E-state index in [1.165, 1.54) is 0 Å². The number of halogens is 4. The number of alkyl halides is 3. The molecule has 0 aromatic heterocycles. The molecule has 0 heterocycles. The number of nitro benzene ring substituents is 1. The fourth-order valence-corrected chi connectivity index (χ4v) is 1.47. The largest absolute Gasteiger partial charge is 0.477 e. The van der Waals surface area contributed by atoms with Crippen molar-refractivity contribution in [3.05, 3.63) is 32.8 Å². The van der Waals surface area contributed by atoms with Gasteiger partial charge in [-0.15, -0.1) is 0 Å². The molecule has 8 heteroatoms. The number of hydrogen-bond donors (Lipinski definition) is 0. The molecular formula is C10H9BrF3NO3. The van der Waals surface area contributed by atoms with Gasteiger partial charge in [0.05, 0.1) is 9.40 Å². The van der Waals surface area contributed by atoms with Gasteiger partial charge in [-0.1, -0.05) is 0 Å². The van der Waals surface area contributed by atoms with Gasteiger partial charge in [0.1, 0.15) is 5.75 Å². The molecule has 0 spiro atoms. The highest BCUT2D eigenvalue weighted by molar-refractivity contribution is 9.10. The van der Waals surface area contributed by atoms with Crippen LogP contribution in [-0.2, 0) is 0 Å². The fourth-order valence-electron chi connectivity index (χ4n) is 1.02. The van der Waals surface area contributed by atoms with Gasteiger partial charge < -0.3 is 4.74 Å². The van der Waals surface area contributed by atoms with Crippen molar-refractivity contribution in [3.63, 3.8) is 0 Å². The zero-order chi connectivity index (χ0) is 14.1. The summed E-state index contributed by atoms with van der Waals surface area (Å²) >= 11 is 2.94. The summed E-state index contributed by atoms with van der Waals surface area (Å²) in [5.74, 6) is -0.108. The third-order valence-electron chi connectivity index (χ3n) is 2.17. The Morgan fingerprint density at radius 1 is 1.33 bits per heavy atom. The van der Waals surface area contributed by atoms with Crippen molar-refractivity contribution in [2.45, 2.75) is 25.6 Å². The molecule has 0 aliphatic rings. The van der Waals surface area contributed by atoms with Crippen LogP contribution in [0.3, 0.4) is 0 Å². The van der Waals surface area contributed by atoms with Gasteiger partial charge in [-0.25, -0.2) is 0 Å². The highest BCUT2D eigenvalue weighted by Crippen LogP contribution is 2.37. The lowest BCUT2D eigenvalue weighted by Gasteiger charge is -2.29. The van der Waals surface area contributed by atoms with Gasteiger partial charge in [0.15, 0.2) is 5.60 Å². The molecule has 18 heavy (non-hydrogen) atoms. The molecule has 0 saturated heterocycles. The normalized spacial score (nSPS) is 12.3. The van der Waals surface area contributed by atoms with Crippen molar-refractivity contribution in [2.24, 2.45) is 0 Å². The molecule has 0 atom stereocenters. The minimum atomic E-state index is -4.55. The summed E-state index contributed by atoms with van der Waals surface area (Å²) in [5, 5.41) is 10.5. The molecule has 0 aliphatic carbocycles. The molecule has 0 amide bonds. The van der Waals surface area contributed by atoms with E-state index in [4.69, 9.17) is 4.74 Å². The predicted octanol–water partition coefficient (Wildman–Crippen LogP) is 4.08. The second-order valence-electron chi connectivity index (χ2n) is 3.98. The van der Waals surface area contributed by atoms with Crippen LogP contribution in [0.15, 0.2) is 22.7 Å². The topological polar surface area (TPSA) is 52.4 Å². The van der Waals surface area contributed by atoms with E-state index in [9.17, 15) is 23.3 Å². The maximum atomic E-state index is 12.6. The summed E-state index contributed by atoms with van der Waals surface area (Å²) in [4.78, 5) is 9.82. The van der Waals surface area contributed by atoms with Crippen LogP contribution >= 0.6 is 15.9 Å². The number of rotatable bonds is 3. The van der Waals surface area contributed by atoms with Crippen molar-refractivity contribution < 1.29 is 22.8 Å². The Morgan fingerprint density at radius 2 is 1.89 bits per heavy atom. The average Bonchev–Trinajstić information content (AvgIpc) is 2.18. The SMILES string of the molecule is CC(C)(Oc1ccc([N+](=O)[O-])cc1Br)C(F)(F)F. The summed E-state index contributed by atoms with van der Waals surface area (Å²) in [6, 6.07) is 3.28. The van der Waals surface area contributed by atoms with Crippen LogP contribution in [0.25, 0.3) is 0 Å². The molecule has 100 valence electrons. The number of ether oxygens (including phenoxy) is 1. The minimum absolute atomic E-state index is 0.0917. The second-order valence-corrected chi connectivity index (χ2v) is 4.84. The third-order valence-corrected chi connectivity index (χ3v) is 2.79. The predicted molar refractivity (Wildman–Crippen MR) is 61.6 cm³/mol. The average molecular weight is 328 g/mol. The van der Waals surface area contributed by atoms with Crippen LogP contribution in [0, 0.1) is 10.1 Å². The third kappa shape index (κ3) is 3.12. The summed E-state index contributed by atoms with van der Waals surface area (Å²) in [6.07, 6.45) is -4.55. The van der Waals surface area contributed by atoms with E-state index in [1.807, 2.05) is 0 Å². The van der Waals surface area contributed by atoms with Crippen molar-refractivity contribution in [2.75, 3.05) is 0 Å². The first-order valence-corrected chi connectivity index (χ1v) is 5.53. The summed E-state index contributed by atoms with van der Waals surface area (Å²) in [7, 11) is 0. The Hall–Kier alpha value is -1.31. The van der Waals surface area contributed by atoms with E-state index in [1.54, 1.807) is 0 Å². The first-order valence-electron chi connectivity index (χ1n) is 4.74. The Kier molecular flexibility index (Phi) is 3.89. The molecule has 0 saturated carbocycles. The number of nitro groups is 1. The quantitative estimate of drug-likeness (QED) is 0.621. The Morgan fingerprint density at radius 3 is 2.28 bits per heavy atom. The van der Waals surface area contributed by atoms with Crippen LogP contribution in [0.4, 0.5) is 18.9 Å². The van der Waals surface area contributed by atoms with Crippen molar-refractivity contribution >= 4 is 21.6 Å². The summed E-state index contributed by atoms with van der Waals surface area (Å²) in [5.41, 5.74) is -2.62. The Bertz CT molecular complexity index is 474. The van der Waals surface area contributed by atoms with Crippen molar-refractivity contribution in [1.82, 2.24) is 0 Å². The van der Waals surface area contributed by atoms with Crippen LogP contribution in [0.5, 0.6) is 5.75 Å². The van der Waals surface area contributed by atoms with E-state index in [2.05, 4.69) is 15.9 Å². The van der Waals surface area contributed by atoms with Gasteiger partial charge in [-0.2, -0.15) is 13.2 Å². The number of nitrogens with zero attached hydrogens (tertiary/aromatic N) is 1. The maximum absolute atomic E-state index is 12.6. The number of benzene rings is 1. The van der Waals surface area contributed by atoms with Crippen molar-refractivity contribution in [1.29, 1.82) is 0 Å². The van der Waals surface area contributed by atoms with E-state index in [0.717, 1.165) is 32.0 Å². The molecule has 4 nitrogen and oxygen atoms in total. The maximum Gasteiger partial charge on any atom is 0.427 e. The van der Waals surface area contributed by atoms with Crippen molar-refractivity contribution in [3.8, 4) is 5.75 Å². The van der Waals surface area contributed by atoms with E-state index in [-0.39, 0.29) is 15.9 Å². The smallest absolute Gasteiger partial charge is 0.427 e. The molecule has 0 fully saturated rings. The van der Waals surface area contributed by atoms with E-state index in [0.29, 0.717) is 0 Å². The lowest BCUT2D eigenvalue weighted by Crippen LogP contribution is -2.44. The van der Waals surface area contributed by atoms with Crippen LogP contribution < -0.4 is 4.74 Å². The second kappa shape index (κ2) is 4.75. The highest BCUT2D eigenvalue weighted by atomic mass is 79.9. The molecule has 1 rings (SSSR count). The first kappa shape index (κ1) is 14.7. The molecule has 0 N–H and O–H groups in total. The van der Waals surface area contributed by atoms with Gasteiger partial charge in [0, 0.05) is 12.1 Å². The van der Waals surface area contributed by atoms with Crippen LogP contribution in [-0.4, -0.2) is 16.7 Å². The molecule has 0 bridgehead atoms. The zero-order valence-corrected chi connectivity index (χ0v) is 11.0. The molecule has 0 radical (unpaired) electrons. The molecule has 1 aromatic rings. The first-order chi connectivity index (χ1) is 8.04. The van der Waals surface area contributed by atoms with Gasteiger partial charge in [0.2, 0.25) is 0 Å². The highest BCUT2D eigenvalue weighted by Gasteiger charge is 2.50. The number of non-ortho nitro benzene ring substituents is 1. The molecule has 0 aliphatic heterocycles. The zero-order valence-electron chi connectivity index (χ0n) is 9.42. The van der Waals surface area contributed by atoms with Gasteiger partial charge in [-0.05, 0) is 35.8 Å². The summed E-state index contributed by atoms with van der Waals surface area (Å²) < 4.78 is 42.8. The molecular weight excluding hydrogens is 319 g/mol. The number of hydrogen-bond acceptors (Lipinski definition) is 3. The van der Waals surface area contributed by atoms with Crippen LogP contribution in [0.2, 0.25) is 0 Å². The fraction of sp³-hybridized carbons (Fsp3) is 0.400. The molecule has 0 unspecified atom stereocenters. The lowest BCUT2D eigenvalue weighted by molar-refractivity contribution is -0.385. The van der Waals surface area contributed by atoms with Gasteiger partial charge in [-0.3, -0.25) is 10.1 Å². The Labute approximate surface area is 109 Å². The van der Waals surface area contributed by atoms with E-state index < -0.39 is 16.7 Å². The molecule has 1 aromatic carbocycles. The minimum Gasteiger partial charge on any atom is -0.477 e. The monoisotopic (exact) mass is 327 g/mol. The van der Waals surface area contributed by atoms with Crippen LogP contribution in [0.1, 0.15) is 13.8 Å². The summed E-state index contributed by atoms with van der Waals surface area (Å²) in [6.45, 7) is 1.75. The standard InChI is InChI=1S/C10H9BrF3NO3/c1-9(2,10(12,13)14)18-8-4-3-6(15(16)17)5-7(8)11/h3-5H,1-2H3. The lowest BCUT2D eigenvalue weighted by atomic mass is 10.1. The van der Waals surface area contributed by atoms with Gasteiger partial charge >= 0.3 is 6.18 Å². The Balaban J connectivity index is 3.03. The van der Waals surface area contributed by atoms with Gasteiger partial charge in [0.25, 0.3) is 5.69 Å².